The van der Waals surface area contributed by atoms with Crippen molar-refractivity contribution < 1.29 is 33.4 Å². The number of allylic oxidation sites excluding steroid dienone is 1. The van der Waals surface area contributed by atoms with Gasteiger partial charge in [0.05, 0.1) is 43.4 Å². The number of aromatic nitrogens is 2. The normalized spacial score (nSPS) is 27.3. The van der Waals surface area contributed by atoms with Crippen molar-refractivity contribution in [2.24, 2.45) is 34.6 Å². The number of fused-ring (bicyclic) bond motifs is 2. The van der Waals surface area contributed by atoms with Gasteiger partial charge in [-0.3, -0.25) is 24.2 Å². The van der Waals surface area contributed by atoms with Gasteiger partial charge in [-0.15, -0.1) is 0 Å². The summed E-state index contributed by atoms with van der Waals surface area (Å²) in [4.78, 5) is 70.3. The van der Waals surface area contributed by atoms with Crippen LogP contribution >= 0.6 is 0 Å². The lowest BCUT2D eigenvalue weighted by atomic mass is 9.82. The van der Waals surface area contributed by atoms with Crippen LogP contribution < -0.4 is 5.32 Å². The second-order valence-corrected chi connectivity index (χ2v) is 18.6. The van der Waals surface area contributed by atoms with Crippen LogP contribution in [0.1, 0.15) is 99.7 Å². The van der Waals surface area contributed by atoms with Gasteiger partial charge in [-0.1, -0.05) is 36.1 Å². The van der Waals surface area contributed by atoms with E-state index in [9.17, 15) is 19.2 Å². The van der Waals surface area contributed by atoms with E-state index < -0.39 is 12.0 Å². The summed E-state index contributed by atoms with van der Waals surface area (Å²) in [5.74, 6) is 7.68. The van der Waals surface area contributed by atoms with Crippen LogP contribution in [0.15, 0.2) is 65.9 Å². The molecule has 7 aliphatic rings. The number of ether oxygens (including phenoxy) is 3. The van der Waals surface area contributed by atoms with E-state index in [1.807, 2.05) is 53.7 Å². The van der Waals surface area contributed by atoms with Crippen LogP contribution in [0.4, 0.5) is 0 Å². The van der Waals surface area contributed by atoms with Crippen LogP contribution in [0.2, 0.25) is 0 Å². The highest BCUT2D eigenvalue weighted by molar-refractivity contribution is 6.04. The molecule has 13 nitrogen and oxygen atoms in total. The van der Waals surface area contributed by atoms with Crippen molar-refractivity contribution in [2.75, 3.05) is 33.5 Å². The third-order valence-corrected chi connectivity index (χ3v) is 14.7. The Bertz CT molecular complexity index is 2370. The van der Waals surface area contributed by atoms with E-state index in [2.05, 4.69) is 39.2 Å². The van der Waals surface area contributed by atoms with E-state index in [0.717, 1.165) is 96.4 Å². The van der Waals surface area contributed by atoms with Crippen molar-refractivity contribution in [3.8, 4) is 23.1 Å². The molecule has 0 unspecified atom stereocenters. The van der Waals surface area contributed by atoms with Crippen molar-refractivity contribution in [1.82, 2.24) is 25.1 Å². The molecule has 2 aliphatic carbocycles. The van der Waals surface area contributed by atoms with Crippen LogP contribution in [-0.2, 0) is 33.4 Å². The van der Waals surface area contributed by atoms with E-state index in [1.165, 1.54) is 14.0 Å². The van der Waals surface area contributed by atoms with Crippen molar-refractivity contribution in [3.05, 3.63) is 83.4 Å². The Morgan fingerprint density at radius 3 is 2.00 bits per heavy atom. The van der Waals surface area contributed by atoms with E-state index in [1.54, 1.807) is 0 Å². The first-order valence-corrected chi connectivity index (χ1v) is 22.9. The summed E-state index contributed by atoms with van der Waals surface area (Å²) in [5, 5.41) is 2.98. The lowest BCUT2D eigenvalue weighted by molar-refractivity contribution is -0.150. The van der Waals surface area contributed by atoms with Gasteiger partial charge in [0.15, 0.2) is 0 Å². The average molecular weight is 853 g/mol. The zero-order valence-electron chi connectivity index (χ0n) is 36.1. The van der Waals surface area contributed by atoms with Gasteiger partial charge >= 0.3 is 5.97 Å². The molecule has 3 amide bonds. The zero-order valence-corrected chi connectivity index (χ0v) is 36.1. The maximum absolute atomic E-state index is 14.3. The number of nitrogens with zero attached hydrogens (tertiary/aromatic N) is 4. The molecule has 2 aromatic carbocycles. The summed E-state index contributed by atoms with van der Waals surface area (Å²) < 4.78 is 16.2. The zero-order chi connectivity index (χ0) is 43.2. The topological polar surface area (TPSA) is 156 Å². The van der Waals surface area contributed by atoms with Gasteiger partial charge in [-0.25, -0.2) is 4.98 Å². The second-order valence-electron chi connectivity index (χ2n) is 18.6. The maximum Gasteiger partial charge on any atom is 0.306 e. The minimum absolute atomic E-state index is 0.00671. The molecule has 3 aromatic rings. The van der Waals surface area contributed by atoms with Crippen LogP contribution in [-0.4, -0.2) is 107 Å². The highest BCUT2D eigenvalue weighted by Gasteiger charge is 2.58. The number of aliphatic imine (C=N–C) groups is 1. The fourth-order valence-corrected chi connectivity index (χ4v) is 11.1. The van der Waals surface area contributed by atoms with Crippen molar-refractivity contribution in [1.29, 1.82) is 0 Å². The first kappa shape index (κ1) is 41.4. The third-order valence-electron chi connectivity index (χ3n) is 14.7. The average Bonchev–Trinajstić information content (AvgIpc) is 3.90. The Morgan fingerprint density at radius 2 is 1.38 bits per heavy atom. The number of likely N-dealkylation sites (tertiary alicyclic amines) is 2. The van der Waals surface area contributed by atoms with E-state index >= 15 is 0 Å². The minimum atomic E-state index is -0.552. The summed E-state index contributed by atoms with van der Waals surface area (Å²) in [5.41, 5.74) is 6.90. The number of hydrogen-bond acceptors (Lipinski definition) is 9. The fourth-order valence-electron chi connectivity index (χ4n) is 11.1. The molecule has 8 atom stereocenters. The molecule has 0 radical (unpaired) electrons. The predicted molar refractivity (Wildman–Crippen MR) is 235 cm³/mol. The number of piperidine rings is 2. The first-order chi connectivity index (χ1) is 30.7. The highest BCUT2D eigenvalue weighted by Crippen LogP contribution is 2.54. The molecule has 13 heteroatoms. The van der Waals surface area contributed by atoms with Gasteiger partial charge in [0, 0.05) is 74.9 Å². The number of carbonyl (C=O) groups excluding carboxylic acids is 4. The molecule has 0 spiro atoms. The number of amides is 3. The molecule has 5 aliphatic heterocycles. The van der Waals surface area contributed by atoms with Crippen LogP contribution in [0.25, 0.3) is 16.8 Å². The Kier molecular flexibility index (Phi) is 11.5. The smallest absolute Gasteiger partial charge is 0.306 e. The van der Waals surface area contributed by atoms with Crippen molar-refractivity contribution in [2.45, 2.75) is 101 Å². The largest absolute Gasteiger partial charge is 0.469 e. The number of rotatable bonds is 11. The Labute approximate surface area is 368 Å². The Morgan fingerprint density at radius 1 is 0.794 bits per heavy atom. The number of methoxy groups -OCH3 is 1. The summed E-state index contributed by atoms with van der Waals surface area (Å²) in [6, 6.07) is 16.0. The monoisotopic (exact) mass is 852 g/mol. The van der Waals surface area contributed by atoms with E-state index in [0.29, 0.717) is 44.7 Å². The number of esters is 1. The SMILES string of the molecule is COC(=O)C[C@H](C(=O)N1[C@H](C2=NC=C(c3ccc(C#Cc4ccc(-c5cnc([C@@H]6C[C@@H]7C[C@@H]7N6C(=O)[C@@H](NC(C)=O)C6CCOCC6)[nH]5)cc4)cc3)C2)C[C@@H]2C[C@@H]21)C1CCOCC1. The Balaban J connectivity index is 0.758. The molecule has 6 heterocycles. The molecule has 0 bridgehead atoms. The second kappa shape index (κ2) is 17.5. The van der Waals surface area contributed by atoms with Crippen LogP contribution in [0.5, 0.6) is 0 Å². The summed E-state index contributed by atoms with van der Waals surface area (Å²) in [6.07, 6.45) is 11.5. The standard InChI is InChI=1S/C50H56N6O7/c1-29(57)53-47(35-15-19-63-20-16-35)50(60)56-43-23-37(43)25-45(56)48-52-28-41(54-48)34-11-7-31(8-12-34)4-3-30-5-9-32(10-6-30)38-21-40(51-27-38)44-24-36-22-42(36)55(44)49(59)39(26-46(58)61-2)33-13-17-62-18-14-33/h5-12,27-28,33,35-37,39,42-45,47H,13-26H2,1-2H3,(H,52,54)(H,53,57)/t36-,37-,39-,42-,43-,44-,45-,47-/m0/s1. The van der Waals surface area contributed by atoms with Gasteiger partial charge in [0.25, 0.3) is 0 Å². The summed E-state index contributed by atoms with van der Waals surface area (Å²) >= 11 is 0. The molecule has 63 heavy (non-hydrogen) atoms. The molecule has 6 fully saturated rings. The number of carbonyl (C=O) groups is 4. The lowest BCUT2D eigenvalue weighted by Gasteiger charge is -2.35. The lowest BCUT2D eigenvalue weighted by Crippen LogP contribution is -2.53. The highest BCUT2D eigenvalue weighted by atomic mass is 16.5. The quantitative estimate of drug-likeness (QED) is 0.180. The van der Waals surface area contributed by atoms with Crippen molar-refractivity contribution in [3.63, 3.8) is 0 Å². The fraction of sp³-hybridized carbons (Fsp3) is 0.520. The van der Waals surface area contributed by atoms with Crippen LogP contribution in [0, 0.1) is 41.4 Å². The van der Waals surface area contributed by atoms with Gasteiger partial charge in [0.2, 0.25) is 17.7 Å². The number of imidazole rings is 1. The number of hydrogen-bond donors (Lipinski definition) is 2. The molecule has 2 saturated carbocycles. The molecule has 4 saturated heterocycles. The molecule has 10 rings (SSSR count). The molecular formula is C50H56N6O7. The van der Waals surface area contributed by atoms with Gasteiger partial charge < -0.3 is 34.3 Å². The van der Waals surface area contributed by atoms with Crippen LogP contribution in [0.3, 0.4) is 0 Å². The number of H-pyrrole nitrogens is 1. The van der Waals surface area contributed by atoms with E-state index in [-0.39, 0.29) is 66.1 Å². The van der Waals surface area contributed by atoms with Gasteiger partial charge in [0.1, 0.15) is 11.9 Å². The van der Waals surface area contributed by atoms with E-state index in [4.69, 9.17) is 24.2 Å². The Hall–Kier alpha value is -5.58. The number of nitrogens with one attached hydrogen (secondary N) is 2. The number of aromatic amines is 1. The number of benzene rings is 2. The van der Waals surface area contributed by atoms with Gasteiger partial charge in [-0.05, 0) is 116 Å². The predicted octanol–water partition coefficient (Wildman–Crippen LogP) is 5.85. The summed E-state index contributed by atoms with van der Waals surface area (Å²) in [7, 11) is 1.39. The molecule has 328 valence electrons. The maximum atomic E-state index is 14.3. The van der Waals surface area contributed by atoms with Crippen molar-refractivity contribution >= 4 is 35.0 Å². The molecule has 1 aromatic heterocycles. The molecular weight excluding hydrogens is 797 g/mol. The third kappa shape index (κ3) is 8.60. The molecule has 2 N–H and O–H groups in total. The minimum Gasteiger partial charge on any atom is -0.469 e. The summed E-state index contributed by atoms with van der Waals surface area (Å²) in [6.45, 7) is 3.92. The first-order valence-electron chi connectivity index (χ1n) is 22.9. The van der Waals surface area contributed by atoms with Gasteiger partial charge in [-0.2, -0.15) is 0 Å².